The second kappa shape index (κ2) is 12.2. The predicted octanol–water partition coefficient (Wildman–Crippen LogP) is 4.97. The largest absolute Gasteiger partial charge is 0.396 e. The molecule has 5 rings (SSSR count). The van der Waals surface area contributed by atoms with E-state index in [2.05, 4.69) is 73.5 Å². The third kappa shape index (κ3) is 6.39. The number of para-hydroxylation sites is 1. The van der Waals surface area contributed by atoms with Gasteiger partial charge >= 0.3 is 0 Å². The molecule has 0 radical (unpaired) electrons. The Morgan fingerprint density at radius 3 is 2.51 bits per heavy atom. The fourth-order valence-electron chi connectivity index (χ4n) is 5.76. The summed E-state index contributed by atoms with van der Waals surface area (Å²) in [5, 5.41) is 26.5. The molecule has 1 aliphatic rings. The van der Waals surface area contributed by atoms with Crippen molar-refractivity contribution in [3.05, 3.63) is 95.7 Å². The minimum absolute atomic E-state index is 0.0854. The second-order valence-corrected chi connectivity index (χ2v) is 12.1. The Hall–Kier alpha value is -3.49. The SMILES string of the molecule is C[C@H](O)[C@@H]1ON(Cc2cccc(-c3ccc(C(C)(C)C)cc3)c2)[C@H](C(=O)NCCc2c[nH]c3ccccc23)[C@@H]1CO. The molecule has 2 heterocycles. The third-order valence-corrected chi connectivity index (χ3v) is 8.07. The maximum Gasteiger partial charge on any atom is 0.240 e. The summed E-state index contributed by atoms with van der Waals surface area (Å²) in [7, 11) is 0. The van der Waals surface area contributed by atoms with Gasteiger partial charge in [-0.2, -0.15) is 5.06 Å². The Bertz CT molecular complexity index is 1470. The molecule has 7 heteroatoms. The van der Waals surface area contributed by atoms with Gasteiger partial charge in [-0.3, -0.25) is 9.63 Å². The zero-order chi connectivity index (χ0) is 29.1. The normalized spacial score (nSPS) is 20.4. The lowest BCUT2D eigenvalue weighted by atomic mass is 9.86. The number of hydrogen-bond acceptors (Lipinski definition) is 5. The number of H-pyrrole nitrogens is 1. The number of aliphatic hydroxyl groups is 2. The highest BCUT2D eigenvalue weighted by Gasteiger charge is 2.48. The second-order valence-electron chi connectivity index (χ2n) is 12.1. The van der Waals surface area contributed by atoms with Gasteiger partial charge in [-0.15, -0.1) is 0 Å². The molecule has 7 nitrogen and oxygen atoms in total. The van der Waals surface area contributed by atoms with Crippen LogP contribution in [0.1, 0.15) is 44.4 Å². The number of aromatic nitrogens is 1. The number of aliphatic hydroxyl groups excluding tert-OH is 2. The smallest absolute Gasteiger partial charge is 0.240 e. The molecule has 1 aromatic heterocycles. The monoisotopic (exact) mass is 555 g/mol. The molecular formula is C34H41N3O4. The van der Waals surface area contributed by atoms with E-state index in [9.17, 15) is 15.0 Å². The van der Waals surface area contributed by atoms with Gasteiger partial charge in [0.15, 0.2) is 0 Å². The van der Waals surface area contributed by atoms with Gasteiger partial charge in [-0.25, -0.2) is 0 Å². The van der Waals surface area contributed by atoms with Crippen LogP contribution in [0.3, 0.4) is 0 Å². The molecule has 3 aromatic carbocycles. The Kier molecular flexibility index (Phi) is 8.61. The van der Waals surface area contributed by atoms with Crippen molar-refractivity contribution in [3.8, 4) is 11.1 Å². The summed E-state index contributed by atoms with van der Waals surface area (Å²) in [6, 6.07) is 24.2. The molecule has 1 saturated heterocycles. The van der Waals surface area contributed by atoms with Gasteiger partial charge in [0.25, 0.3) is 0 Å². The van der Waals surface area contributed by atoms with Crippen molar-refractivity contribution >= 4 is 16.8 Å². The number of amides is 1. The molecule has 4 aromatic rings. The minimum atomic E-state index is -0.841. The number of hydroxylamine groups is 2. The number of nitrogens with one attached hydrogen (secondary N) is 2. The number of hydrogen-bond donors (Lipinski definition) is 4. The summed E-state index contributed by atoms with van der Waals surface area (Å²) >= 11 is 0. The van der Waals surface area contributed by atoms with E-state index in [1.807, 2.05) is 36.5 Å². The first-order chi connectivity index (χ1) is 19.7. The van der Waals surface area contributed by atoms with Gasteiger partial charge in [0.05, 0.1) is 19.3 Å². The summed E-state index contributed by atoms with van der Waals surface area (Å²) in [4.78, 5) is 22.9. The average molecular weight is 556 g/mol. The van der Waals surface area contributed by atoms with Crippen LogP contribution < -0.4 is 5.32 Å². The van der Waals surface area contributed by atoms with E-state index in [4.69, 9.17) is 4.84 Å². The highest BCUT2D eigenvalue weighted by molar-refractivity contribution is 5.84. The van der Waals surface area contributed by atoms with Crippen molar-refractivity contribution in [3.63, 3.8) is 0 Å². The van der Waals surface area contributed by atoms with Crippen LogP contribution in [-0.2, 0) is 28.0 Å². The Balaban J connectivity index is 1.31. The lowest BCUT2D eigenvalue weighted by molar-refractivity contribution is -0.192. The summed E-state index contributed by atoms with van der Waals surface area (Å²) in [5.41, 5.74) is 6.73. The molecular weight excluding hydrogens is 514 g/mol. The number of fused-ring (bicyclic) bond motifs is 1. The van der Waals surface area contributed by atoms with Crippen LogP contribution in [0.15, 0.2) is 79.0 Å². The first-order valence-electron chi connectivity index (χ1n) is 14.4. The maximum absolute atomic E-state index is 13.5. The molecule has 1 aliphatic heterocycles. The van der Waals surface area contributed by atoms with Gasteiger partial charge < -0.3 is 20.5 Å². The minimum Gasteiger partial charge on any atom is -0.396 e. The highest BCUT2D eigenvalue weighted by Crippen LogP contribution is 2.33. The number of aromatic amines is 1. The zero-order valence-corrected chi connectivity index (χ0v) is 24.3. The van der Waals surface area contributed by atoms with Crippen LogP contribution in [0.2, 0.25) is 0 Å². The molecule has 1 amide bonds. The summed E-state index contributed by atoms with van der Waals surface area (Å²) in [5.74, 6) is -0.780. The van der Waals surface area contributed by atoms with Crippen molar-refractivity contribution < 1.29 is 19.8 Å². The fourth-order valence-corrected chi connectivity index (χ4v) is 5.76. The van der Waals surface area contributed by atoms with Crippen LogP contribution in [0.25, 0.3) is 22.0 Å². The molecule has 4 atom stereocenters. The van der Waals surface area contributed by atoms with E-state index < -0.39 is 24.2 Å². The van der Waals surface area contributed by atoms with E-state index >= 15 is 0 Å². The van der Waals surface area contributed by atoms with Gasteiger partial charge in [-0.1, -0.05) is 81.4 Å². The lowest BCUT2D eigenvalue weighted by Crippen LogP contribution is -2.48. The topological polar surface area (TPSA) is 97.8 Å². The van der Waals surface area contributed by atoms with E-state index in [0.29, 0.717) is 19.5 Å². The van der Waals surface area contributed by atoms with E-state index in [-0.39, 0.29) is 17.9 Å². The average Bonchev–Trinajstić information content (AvgIpc) is 3.54. The molecule has 216 valence electrons. The first kappa shape index (κ1) is 29.0. The summed E-state index contributed by atoms with van der Waals surface area (Å²) in [6.07, 6.45) is 1.12. The molecule has 0 unspecified atom stereocenters. The molecule has 0 bridgehead atoms. The number of carbonyl (C=O) groups excluding carboxylic acids is 1. The zero-order valence-electron chi connectivity index (χ0n) is 24.3. The van der Waals surface area contributed by atoms with E-state index in [0.717, 1.165) is 33.2 Å². The Labute approximate surface area is 242 Å². The van der Waals surface area contributed by atoms with Crippen molar-refractivity contribution in [1.82, 2.24) is 15.4 Å². The molecule has 0 saturated carbocycles. The quantitative estimate of drug-likeness (QED) is 0.234. The van der Waals surface area contributed by atoms with Crippen LogP contribution >= 0.6 is 0 Å². The summed E-state index contributed by atoms with van der Waals surface area (Å²) < 4.78 is 0. The molecule has 0 aliphatic carbocycles. The number of benzene rings is 3. The van der Waals surface area contributed by atoms with Crippen LogP contribution in [0.5, 0.6) is 0 Å². The lowest BCUT2D eigenvalue weighted by Gasteiger charge is -2.24. The van der Waals surface area contributed by atoms with Gasteiger partial charge in [-0.05, 0) is 58.7 Å². The van der Waals surface area contributed by atoms with E-state index in [1.165, 1.54) is 5.56 Å². The summed E-state index contributed by atoms with van der Waals surface area (Å²) in [6.45, 7) is 8.75. The van der Waals surface area contributed by atoms with Crippen molar-refractivity contribution in [2.45, 2.75) is 64.3 Å². The van der Waals surface area contributed by atoms with Gasteiger partial charge in [0.2, 0.25) is 5.91 Å². The van der Waals surface area contributed by atoms with Crippen LogP contribution in [0.4, 0.5) is 0 Å². The molecule has 41 heavy (non-hydrogen) atoms. The van der Waals surface area contributed by atoms with Crippen molar-refractivity contribution in [2.24, 2.45) is 5.92 Å². The number of rotatable bonds is 9. The fraction of sp³-hybridized carbons (Fsp3) is 0.382. The molecule has 4 N–H and O–H groups in total. The van der Waals surface area contributed by atoms with Crippen LogP contribution in [-0.4, -0.2) is 57.6 Å². The predicted molar refractivity (Wildman–Crippen MR) is 162 cm³/mol. The number of nitrogens with zero attached hydrogens (tertiary/aromatic N) is 1. The van der Waals surface area contributed by atoms with Crippen molar-refractivity contribution in [2.75, 3.05) is 13.2 Å². The first-order valence-corrected chi connectivity index (χ1v) is 14.4. The van der Waals surface area contributed by atoms with Crippen molar-refractivity contribution in [1.29, 1.82) is 0 Å². The maximum atomic E-state index is 13.5. The molecule has 1 fully saturated rings. The number of carbonyl (C=O) groups is 1. The van der Waals surface area contributed by atoms with Gasteiger partial charge in [0, 0.05) is 29.6 Å². The molecule has 0 spiro atoms. The van der Waals surface area contributed by atoms with Crippen LogP contribution in [0, 0.1) is 5.92 Å². The Morgan fingerprint density at radius 1 is 1.05 bits per heavy atom. The highest BCUT2D eigenvalue weighted by atomic mass is 16.7. The van der Waals surface area contributed by atoms with E-state index in [1.54, 1.807) is 12.0 Å². The van der Waals surface area contributed by atoms with Gasteiger partial charge in [0.1, 0.15) is 12.1 Å². The standard InChI is InChI=1S/C34H41N3O4/c1-22(39)32-29(21-38)31(33(40)35-17-16-26-19-36-30-11-6-5-10-28(26)30)37(41-32)20-23-8-7-9-25(18-23)24-12-14-27(15-13-24)34(2,3)4/h5-15,18-19,22,29,31-32,36,38-39H,16-17,20-21H2,1-4H3,(H,35,40)/t22-,29-,31-,32-/m0/s1. The third-order valence-electron chi connectivity index (χ3n) is 8.07. The Morgan fingerprint density at radius 2 is 1.80 bits per heavy atom.